The molecule has 0 aliphatic heterocycles. The highest BCUT2D eigenvalue weighted by Gasteiger charge is 2.20. The number of nitrogens with zero attached hydrogens (tertiary/aromatic N) is 1. The lowest BCUT2D eigenvalue weighted by molar-refractivity contribution is 0.410. The van der Waals surface area contributed by atoms with Crippen LogP contribution in [0, 0.1) is 23.5 Å². The van der Waals surface area contributed by atoms with Crippen LogP contribution >= 0.6 is 0 Å². The molecule has 2 N–H and O–H groups in total. The van der Waals surface area contributed by atoms with E-state index in [9.17, 15) is 26.0 Å². The number of hydrogen-bond acceptors (Lipinski definition) is 4. The highest BCUT2D eigenvalue weighted by molar-refractivity contribution is 7.89. The molecule has 5 nitrogen and oxygen atoms in total. The van der Waals surface area contributed by atoms with Gasteiger partial charge in [0.2, 0.25) is 21.7 Å². The molecule has 0 aliphatic rings. The summed E-state index contributed by atoms with van der Waals surface area (Å²) in [5.41, 5.74) is -0.686. The van der Waals surface area contributed by atoms with Crippen molar-refractivity contribution in [2.75, 3.05) is 12.4 Å². The minimum Gasteiger partial charge on any atom is -0.376 e. The molecular weight excluding hydrogens is 338 g/mol. The summed E-state index contributed by atoms with van der Waals surface area (Å²) in [6.07, 6.45) is 0. The Morgan fingerprint density at radius 3 is 2.26 bits per heavy atom. The van der Waals surface area contributed by atoms with Crippen LogP contribution in [0.1, 0.15) is 5.56 Å². The van der Waals surface area contributed by atoms with Crippen molar-refractivity contribution in [1.29, 1.82) is 0 Å². The van der Waals surface area contributed by atoms with Crippen LogP contribution in [0.15, 0.2) is 29.2 Å². The van der Waals surface area contributed by atoms with Crippen LogP contribution in [-0.4, -0.2) is 20.4 Å². The molecule has 0 aliphatic carbocycles. The van der Waals surface area contributed by atoms with Crippen molar-refractivity contribution in [3.63, 3.8) is 0 Å². The zero-order valence-corrected chi connectivity index (χ0v) is 12.5. The first-order valence-electron chi connectivity index (χ1n) is 6.22. The summed E-state index contributed by atoms with van der Waals surface area (Å²) < 4.78 is 78.3. The van der Waals surface area contributed by atoms with Gasteiger partial charge in [-0.3, -0.25) is 0 Å². The number of benzene rings is 1. The van der Waals surface area contributed by atoms with Crippen LogP contribution < -0.4 is 10.0 Å². The maximum Gasteiger partial charge on any atom is 0.253 e. The van der Waals surface area contributed by atoms with E-state index in [0.717, 1.165) is 0 Å². The zero-order valence-electron chi connectivity index (χ0n) is 11.7. The van der Waals surface area contributed by atoms with Crippen LogP contribution in [0.25, 0.3) is 0 Å². The molecule has 0 fully saturated rings. The summed E-state index contributed by atoms with van der Waals surface area (Å²) in [6, 6.07) is 5.47. The maximum atomic E-state index is 13.5. The van der Waals surface area contributed by atoms with Gasteiger partial charge >= 0.3 is 0 Å². The molecule has 23 heavy (non-hydrogen) atoms. The number of sulfonamides is 1. The standard InChI is InChI=1S/C13H11F4N3O2S/c1-18-23(21,22)8-4-2-3-7(5-8)6-19-11-9(14)12(16)20-13(17)10(11)15/h2-5,18H,6H2,1H3,(H,19,20). The van der Waals surface area contributed by atoms with Gasteiger partial charge < -0.3 is 5.32 Å². The average Bonchev–Trinajstić information content (AvgIpc) is 2.53. The Balaban J connectivity index is 2.28. The zero-order chi connectivity index (χ0) is 17.2. The molecule has 1 aromatic carbocycles. The third kappa shape index (κ3) is 3.59. The van der Waals surface area contributed by atoms with Crippen molar-refractivity contribution in [2.45, 2.75) is 11.4 Å². The molecule has 2 aromatic rings. The molecule has 0 atom stereocenters. The summed E-state index contributed by atoms with van der Waals surface area (Å²) in [5, 5.41) is 2.19. The van der Waals surface area contributed by atoms with Gasteiger partial charge in [-0.25, -0.2) is 13.1 Å². The van der Waals surface area contributed by atoms with Gasteiger partial charge in [-0.05, 0) is 24.7 Å². The van der Waals surface area contributed by atoms with Crippen LogP contribution in [0.3, 0.4) is 0 Å². The maximum absolute atomic E-state index is 13.5. The van der Waals surface area contributed by atoms with Crippen molar-refractivity contribution in [3.05, 3.63) is 53.4 Å². The van der Waals surface area contributed by atoms with Crippen LogP contribution in [-0.2, 0) is 16.6 Å². The number of aromatic nitrogens is 1. The molecule has 1 aromatic heterocycles. The fraction of sp³-hybridized carbons (Fsp3) is 0.154. The molecular formula is C13H11F4N3O2S. The van der Waals surface area contributed by atoms with Crippen LogP contribution in [0.4, 0.5) is 23.2 Å². The molecule has 0 saturated heterocycles. The number of anilines is 1. The Bertz CT molecular complexity index is 817. The van der Waals surface area contributed by atoms with E-state index in [4.69, 9.17) is 0 Å². The van der Waals surface area contributed by atoms with Crippen molar-refractivity contribution in [2.24, 2.45) is 0 Å². The van der Waals surface area contributed by atoms with E-state index < -0.39 is 39.2 Å². The van der Waals surface area contributed by atoms with E-state index >= 15 is 0 Å². The molecule has 0 spiro atoms. The summed E-state index contributed by atoms with van der Waals surface area (Å²) in [5.74, 6) is -6.89. The van der Waals surface area contributed by atoms with E-state index in [0.29, 0.717) is 5.56 Å². The van der Waals surface area contributed by atoms with Gasteiger partial charge in [0.05, 0.1) is 4.90 Å². The second-order valence-corrected chi connectivity index (χ2v) is 6.29. The first kappa shape index (κ1) is 17.2. The van der Waals surface area contributed by atoms with Crippen molar-refractivity contribution < 1.29 is 26.0 Å². The minimum atomic E-state index is -3.69. The summed E-state index contributed by atoms with van der Waals surface area (Å²) in [6.45, 7) is -0.260. The van der Waals surface area contributed by atoms with E-state index in [1.807, 2.05) is 0 Å². The van der Waals surface area contributed by atoms with Gasteiger partial charge in [-0.2, -0.15) is 22.5 Å². The monoisotopic (exact) mass is 349 g/mol. The molecule has 0 unspecified atom stereocenters. The molecule has 0 saturated carbocycles. The van der Waals surface area contributed by atoms with Gasteiger partial charge in [0.25, 0.3) is 11.9 Å². The summed E-state index contributed by atoms with van der Waals surface area (Å²) in [7, 11) is -2.46. The molecule has 2 rings (SSSR count). The van der Waals surface area contributed by atoms with Gasteiger partial charge in [-0.1, -0.05) is 12.1 Å². The summed E-state index contributed by atoms with van der Waals surface area (Å²) >= 11 is 0. The van der Waals surface area contributed by atoms with E-state index in [1.54, 1.807) is 0 Å². The number of nitrogens with one attached hydrogen (secondary N) is 2. The Kier molecular flexibility index (Phi) is 4.85. The lowest BCUT2D eigenvalue weighted by Gasteiger charge is -2.10. The Hall–Kier alpha value is -2.20. The van der Waals surface area contributed by atoms with Crippen molar-refractivity contribution >= 4 is 15.7 Å². The summed E-state index contributed by atoms with van der Waals surface area (Å²) in [4.78, 5) is 2.37. The SMILES string of the molecule is CNS(=O)(=O)c1cccc(CNc2c(F)c(F)nc(F)c2F)c1. The molecule has 10 heteroatoms. The lowest BCUT2D eigenvalue weighted by Crippen LogP contribution is -2.18. The quantitative estimate of drug-likeness (QED) is 0.641. The number of halogens is 4. The van der Waals surface area contributed by atoms with Gasteiger partial charge in [0.1, 0.15) is 5.69 Å². The minimum absolute atomic E-state index is 0.0627. The third-order valence-electron chi connectivity index (χ3n) is 2.94. The highest BCUT2D eigenvalue weighted by atomic mass is 32.2. The predicted octanol–water partition coefficient (Wildman–Crippen LogP) is 2.16. The number of pyridine rings is 1. The second kappa shape index (κ2) is 6.50. The Labute approximate surface area is 129 Å². The third-order valence-corrected chi connectivity index (χ3v) is 4.36. The van der Waals surface area contributed by atoms with Crippen molar-refractivity contribution in [3.8, 4) is 0 Å². The molecule has 0 amide bonds. The van der Waals surface area contributed by atoms with E-state index in [-0.39, 0.29) is 11.4 Å². The van der Waals surface area contributed by atoms with Crippen LogP contribution in [0.2, 0.25) is 0 Å². The first-order valence-corrected chi connectivity index (χ1v) is 7.71. The van der Waals surface area contributed by atoms with Gasteiger partial charge in [0.15, 0.2) is 0 Å². The number of hydrogen-bond donors (Lipinski definition) is 2. The van der Waals surface area contributed by atoms with Gasteiger partial charge in [0, 0.05) is 6.54 Å². The highest BCUT2D eigenvalue weighted by Crippen LogP contribution is 2.23. The number of rotatable bonds is 5. The van der Waals surface area contributed by atoms with E-state index in [2.05, 4.69) is 15.0 Å². The lowest BCUT2D eigenvalue weighted by atomic mass is 10.2. The first-order chi connectivity index (χ1) is 10.8. The fourth-order valence-electron chi connectivity index (χ4n) is 1.77. The van der Waals surface area contributed by atoms with Crippen LogP contribution in [0.5, 0.6) is 0 Å². The Morgan fingerprint density at radius 2 is 1.70 bits per heavy atom. The molecule has 124 valence electrons. The fourth-order valence-corrected chi connectivity index (χ4v) is 2.57. The van der Waals surface area contributed by atoms with Crippen molar-refractivity contribution in [1.82, 2.24) is 9.71 Å². The smallest absolute Gasteiger partial charge is 0.253 e. The topological polar surface area (TPSA) is 71.1 Å². The second-order valence-electron chi connectivity index (χ2n) is 4.40. The van der Waals surface area contributed by atoms with E-state index in [1.165, 1.54) is 31.3 Å². The normalized spacial score (nSPS) is 11.5. The predicted molar refractivity (Wildman–Crippen MR) is 74.1 cm³/mol. The average molecular weight is 349 g/mol. The van der Waals surface area contributed by atoms with Gasteiger partial charge in [-0.15, -0.1) is 0 Å². The largest absolute Gasteiger partial charge is 0.376 e. The molecule has 0 bridgehead atoms. The Morgan fingerprint density at radius 1 is 1.09 bits per heavy atom. The molecule has 0 radical (unpaired) electrons. The molecule has 1 heterocycles.